The third-order valence-electron chi connectivity index (χ3n) is 2.95. The first kappa shape index (κ1) is 15.5. The molecule has 2 aromatic rings. The van der Waals surface area contributed by atoms with Gasteiger partial charge in [-0.05, 0) is 31.2 Å². The molecule has 0 saturated heterocycles. The summed E-state index contributed by atoms with van der Waals surface area (Å²) in [6.45, 7) is 6.47. The number of benzene rings is 1. The number of hydrogen-bond acceptors (Lipinski definition) is 6. The highest BCUT2D eigenvalue weighted by atomic mass is 32.2. The van der Waals surface area contributed by atoms with Crippen LogP contribution in [0.2, 0.25) is 0 Å². The summed E-state index contributed by atoms with van der Waals surface area (Å²) < 4.78 is 31.6. The molecule has 8 heteroatoms. The average molecular weight is 310 g/mol. The molecule has 0 aliphatic carbocycles. The summed E-state index contributed by atoms with van der Waals surface area (Å²) in [5.74, 6) is 0.294. The molecule has 0 aliphatic rings. The summed E-state index contributed by atoms with van der Waals surface area (Å²) in [5, 5.41) is 10.4. The molecule has 0 fully saturated rings. The van der Waals surface area contributed by atoms with E-state index in [0.717, 1.165) is 12.1 Å². The first-order chi connectivity index (χ1) is 9.92. The van der Waals surface area contributed by atoms with Crippen molar-refractivity contribution in [1.82, 2.24) is 15.5 Å². The van der Waals surface area contributed by atoms with Gasteiger partial charge in [-0.15, -0.1) is 5.10 Å². The molecular formula is C13H18N4O3S. The van der Waals surface area contributed by atoms with E-state index < -0.39 is 10.0 Å². The highest BCUT2D eigenvalue weighted by Crippen LogP contribution is 2.18. The summed E-state index contributed by atoms with van der Waals surface area (Å²) in [7, 11) is -3.72. The molecule has 114 valence electrons. The van der Waals surface area contributed by atoms with Gasteiger partial charge in [0.05, 0.1) is 4.90 Å². The van der Waals surface area contributed by atoms with Gasteiger partial charge in [0.1, 0.15) is 0 Å². The van der Waals surface area contributed by atoms with Gasteiger partial charge < -0.3 is 9.73 Å². The summed E-state index contributed by atoms with van der Waals surface area (Å²) >= 11 is 0. The Morgan fingerprint density at radius 2 is 1.90 bits per heavy atom. The van der Waals surface area contributed by atoms with Crippen LogP contribution in [-0.2, 0) is 10.0 Å². The van der Waals surface area contributed by atoms with Crippen LogP contribution < -0.4 is 10.0 Å². The number of aromatic nitrogens is 2. The second-order valence-corrected chi connectivity index (χ2v) is 6.26. The average Bonchev–Trinajstić information content (AvgIpc) is 2.84. The van der Waals surface area contributed by atoms with Crippen molar-refractivity contribution in [3.05, 3.63) is 35.7 Å². The van der Waals surface area contributed by atoms with Crippen LogP contribution in [0.4, 0.5) is 6.01 Å². The van der Waals surface area contributed by atoms with Gasteiger partial charge in [-0.3, -0.25) is 0 Å². The molecule has 2 rings (SSSR count). The molecule has 1 atom stereocenters. The standard InChI is InChI=1S/C13H18N4O3S/c1-4-14-9(2)11-5-7-12(8-6-11)21(18,19)17-13-16-15-10(3)20-13/h5-9,14H,4H2,1-3H3,(H,16,17). The molecular weight excluding hydrogens is 292 g/mol. The number of anilines is 1. The van der Waals surface area contributed by atoms with Crippen molar-refractivity contribution in [3.8, 4) is 0 Å². The van der Waals surface area contributed by atoms with Gasteiger partial charge in [0.25, 0.3) is 10.0 Å². The molecule has 0 bridgehead atoms. The van der Waals surface area contributed by atoms with E-state index in [9.17, 15) is 8.42 Å². The minimum absolute atomic E-state index is 0.141. The SMILES string of the molecule is CCNC(C)c1ccc(S(=O)(=O)Nc2nnc(C)o2)cc1. The zero-order chi connectivity index (χ0) is 15.5. The topological polar surface area (TPSA) is 97.1 Å². The number of rotatable bonds is 6. The Labute approximate surface area is 123 Å². The second-order valence-electron chi connectivity index (χ2n) is 4.58. The fourth-order valence-corrected chi connectivity index (χ4v) is 2.80. The van der Waals surface area contributed by atoms with Crippen LogP contribution >= 0.6 is 0 Å². The van der Waals surface area contributed by atoms with E-state index in [-0.39, 0.29) is 17.0 Å². The Hall–Kier alpha value is -1.93. The normalized spacial score (nSPS) is 13.1. The van der Waals surface area contributed by atoms with Crippen molar-refractivity contribution in [2.75, 3.05) is 11.3 Å². The first-order valence-corrected chi connectivity index (χ1v) is 8.07. The number of sulfonamides is 1. The van der Waals surface area contributed by atoms with Gasteiger partial charge in [-0.25, -0.2) is 13.1 Å². The van der Waals surface area contributed by atoms with Crippen LogP contribution in [0.25, 0.3) is 0 Å². The summed E-state index contributed by atoms with van der Waals surface area (Å²) in [6, 6.07) is 6.68. The van der Waals surface area contributed by atoms with Crippen LogP contribution in [-0.4, -0.2) is 25.2 Å². The Kier molecular flexibility index (Phi) is 4.59. The lowest BCUT2D eigenvalue weighted by Crippen LogP contribution is -2.18. The van der Waals surface area contributed by atoms with Crippen molar-refractivity contribution in [2.45, 2.75) is 31.7 Å². The van der Waals surface area contributed by atoms with E-state index in [1.54, 1.807) is 31.2 Å². The molecule has 1 aromatic carbocycles. The lowest BCUT2D eigenvalue weighted by atomic mass is 10.1. The molecule has 0 radical (unpaired) electrons. The van der Waals surface area contributed by atoms with Crippen LogP contribution in [0.5, 0.6) is 0 Å². The third kappa shape index (κ3) is 3.79. The summed E-state index contributed by atoms with van der Waals surface area (Å²) in [4.78, 5) is 0.144. The maximum atomic E-state index is 12.2. The van der Waals surface area contributed by atoms with E-state index in [4.69, 9.17) is 4.42 Å². The second kappa shape index (κ2) is 6.23. The zero-order valence-electron chi connectivity index (χ0n) is 12.1. The minimum Gasteiger partial charge on any atom is -0.408 e. The fraction of sp³-hybridized carbons (Fsp3) is 0.385. The van der Waals surface area contributed by atoms with Crippen LogP contribution in [0.3, 0.4) is 0 Å². The number of nitrogens with one attached hydrogen (secondary N) is 2. The van der Waals surface area contributed by atoms with Crippen molar-refractivity contribution in [1.29, 1.82) is 0 Å². The predicted molar refractivity (Wildman–Crippen MR) is 78.4 cm³/mol. The predicted octanol–water partition coefficient (Wildman–Crippen LogP) is 1.85. The quantitative estimate of drug-likeness (QED) is 0.845. The van der Waals surface area contributed by atoms with Crippen molar-refractivity contribution in [2.24, 2.45) is 0 Å². The first-order valence-electron chi connectivity index (χ1n) is 6.58. The van der Waals surface area contributed by atoms with Gasteiger partial charge in [0.15, 0.2) is 0 Å². The minimum atomic E-state index is -3.72. The number of aryl methyl sites for hydroxylation is 1. The summed E-state index contributed by atoms with van der Waals surface area (Å²) in [5.41, 5.74) is 1.02. The molecule has 0 spiro atoms. The molecule has 1 unspecified atom stereocenters. The molecule has 0 saturated carbocycles. The lowest BCUT2D eigenvalue weighted by Gasteiger charge is -2.13. The monoisotopic (exact) mass is 310 g/mol. The third-order valence-corrected chi connectivity index (χ3v) is 4.28. The van der Waals surface area contributed by atoms with E-state index in [1.165, 1.54) is 0 Å². The molecule has 1 heterocycles. The Morgan fingerprint density at radius 3 is 2.43 bits per heavy atom. The van der Waals surface area contributed by atoms with Crippen LogP contribution in [0.15, 0.2) is 33.6 Å². The fourth-order valence-electron chi connectivity index (χ4n) is 1.87. The molecule has 7 nitrogen and oxygen atoms in total. The van der Waals surface area contributed by atoms with Gasteiger partial charge in [0.2, 0.25) is 5.89 Å². The van der Waals surface area contributed by atoms with E-state index >= 15 is 0 Å². The lowest BCUT2D eigenvalue weighted by molar-refractivity contribution is 0.534. The maximum Gasteiger partial charge on any atom is 0.329 e. The highest BCUT2D eigenvalue weighted by Gasteiger charge is 2.17. The molecule has 0 amide bonds. The molecule has 2 N–H and O–H groups in total. The van der Waals surface area contributed by atoms with Crippen molar-refractivity contribution in [3.63, 3.8) is 0 Å². The maximum absolute atomic E-state index is 12.2. The highest BCUT2D eigenvalue weighted by molar-refractivity contribution is 7.92. The van der Waals surface area contributed by atoms with Crippen LogP contribution in [0, 0.1) is 6.92 Å². The van der Waals surface area contributed by atoms with Crippen molar-refractivity contribution >= 4 is 16.0 Å². The van der Waals surface area contributed by atoms with Gasteiger partial charge >= 0.3 is 6.01 Å². The van der Waals surface area contributed by atoms with E-state index in [2.05, 4.69) is 20.2 Å². The molecule has 0 aliphatic heterocycles. The van der Waals surface area contributed by atoms with Gasteiger partial charge in [-0.1, -0.05) is 24.2 Å². The zero-order valence-corrected chi connectivity index (χ0v) is 12.9. The summed E-state index contributed by atoms with van der Waals surface area (Å²) in [6.07, 6.45) is 0. The number of hydrogen-bond donors (Lipinski definition) is 2. The van der Waals surface area contributed by atoms with E-state index in [0.29, 0.717) is 5.89 Å². The molecule has 1 aromatic heterocycles. The largest absolute Gasteiger partial charge is 0.408 e. The Bertz CT molecular complexity index is 694. The Balaban J connectivity index is 2.17. The van der Waals surface area contributed by atoms with E-state index in [1.807, 2.05) is 13.8 Å². The van der Waals surface area contributed by atoms with Gasteiger partial charge in [-0.2, -0.15) is 0 Å². The smallest absolute Gasteiger partial charge is 0.329 e. The Morgan fingerprint density at radius 1 is 1.24 bits per heavy atom. The molecule has 21 heavy (non-hydrogen) atoms. The van der Waals surface area contributed by atoms with Gasteiger partial charge in [0, 0.05) is 13.0 Å². The van der Waals surface area contributed by atoms with Crippen molar-refractivity contribution < 1.29 is 12.8 Å². The number of nitrogens with zero attached hydrogens (tertiary/aromatic N) is 2. The van der Waals surface area contributed by atoms with Crippen LogP contribution in [0.1, 0.15) is 31.3 Å².